The first kappa shape index (κ1) is 13.5. The molecule has 0 bridgehead atoms. The Morgan fingerprint density at radius 1 is 0.696 bits per heavy atom. The Balaban J connectivity index is 1.85. The molecule has 0 spiro atoms. The molecule has 5 nitrogen and oxygen atoms in total. The Hall–Kier alpha value is -3.18. The summed E-state index contributed by atoms with van der Waals surface area (Å²) in [5.74, 6) is 0.763. The second-order valence-electron chi connectivity index (χ2n) is 5.17. The van der Waals surface area contributed by atoms with Gasteiger partial charge in [0, 0.05) is 11.1 Å². The molecule has 112 valence electrons. The van der Waals surface area contributed by atoms with Gasteiger partial charge in [-0.25, -0.2) is 15.4 Å². The van der Waals surface area contributed by atoms with Gasteiger partial charge in [0.05, 0.1) is 11.0 Å². The van der Waals surface area contributed by atoms with E-state index in [4.69, 9.17) is 0 Å². The number of hydrogen-bond acceptors (Lipinski definition) is 5. The fraction of sp³-hybridized carbons (Fsp3) is 0. The highest BCUT2D eigenvalue weighted by atomic mass is 16.5. The molecular weight excluding hydrogens is 288 g/mol. The predicted molar refractivity (Wildman–Crippen MR) is 92.2 cm³/mol. The van der Waals surface area contributed by atoms with Gasteiger partial charge in [-0.3, -0.25) is 5.21 Å². The zero-order valence-electron chi connectivity index (χ0n) is 12.2. The summed E-state index contributed by atoms with van der Waals surface area (Å²) in [6.45, 7) is 0. The molecule has 0 unspecified atom stereocenters. The van der Waals surface area contributed by atoms with Gasteiger partial charge < -0.3 is 5.32 Å². The van der Waals surface area contributed by atoms with Gasteiger partial charge in [0.1, 0.15) is 0 Å². The number of rotatable bonds is 3. The van der Waals surface area contributed by atoms with E-state index in [2.05, 4.69) is 32.9 Å². The van der Waals surface area contributed by atoms with Crippen molar-refractivity contribution in [1.82, 2.24) is 9.97 Å². The molecule has 0 radical (unpaired) electrons. The Morgan fingerprint density at radius 3 is 2.13 bits per heavy atom. The summed E-state index contributed by atoms with van der Waals surface area (Å²) in [6, 6.07) is 21.6. The largest absolute Gasteiger partial charge is 0.337 e. The third-order valence-corrected chi connectivity index (χ3v) is 3.72. The SMILES string of the molecule is ONc1nc2ccccc2nc1Nc1cccc2ccccc12. The molecule has 5 heteroatoms. The quantitative estimate of drug-likeness (QED) is 0.491. The second-order valence-corrected chi connectivity index (χ2v) is 5.17. The van der Waals surface area contributed by atoms with E-state index < -0.39 is 0 Å². The van der Waals surface area contributed by atoms with Crippen LogP contribution in [-0.2, 0) is 0 Å². The highest BCUT2D eigenvalue weighted by Crippen LogP contribution is 2.29. The van der Waals surface area contributed by atoms with Crippen LogP contribution in [0.15, 0.2) is 66.7 Å². The van der Waals surface area contributed by atoms with Crippen LogP contribution in [0.2, 0.25) is 0 Å². The molecule has 0 aliphatic rings. The highest BCUT2D eigenvalue weighted by molar-refractivity contribution is 5.96. The number of hydrogen-bond donors (Lipinski definition) is 3. The van der Waals surface area contributed by atoms with Crippen LogP contribution in [0.1, 0.15) is 0 Å². The first-order valence-electron chi connectivity index (χ1n) is 7.27. The minimum absolute atomic E-state index is 0.289. The van der Waals surface area contributed by atoms with E-state index in [1.54, 1.807) is 0 Å². The van der Waals surface area contributed by atoms with Crippen LogP contribution in [0.5, 0.6) is 0 Å². The van der Waals surface area contributed by atoms with Gasteiger partial charge in [-0.05, 0) is 23.6 Å². The van der Waals surface area contributed by atoms with Crippen molar-refractivity contribution in [3.05, 3.63) is 66.7 Å². The molecule has 0 aliphatic heterocycles. The highest BCUT2D eigenvalue weighted by Gasteiger charge is 2.10. The van der Waals surface area contributed by atoms with E-state index in [1.165, 1.54) is 0 Å². The molecule has 0 saturated carbocycles. The van der Waals surface area contributed by atoms with Crippen LogP contribution >= 0.6 is 0 Å². The molecule has 4 aromatic rings. The Bertz CT molecular complexity index is 995. The van der Waals surface area contributed by atoms with E-state index >= 15 is 0 Å². The maximum atomic E-state index is 9.38. The lowest BCUT2D eigenvalue weighted by Crippen LogP contribution is -2.03. The minimum atomic E-state index is 0.289. The van der Waals surface area contributed by atoms with Gasteiger partial charge in [-0.15, -0.1) is 0 Å². The standard InChI is InChI=1S/C18H14N4O/c23-22-18-17(20-15-9-3-4-10-16(15)21-18)19-14-11-5-7-12-6-1-2-8-13(12)14/h1-11,23H,(H,19,20)(H,21,22). The van der Waals surface area contributed by atoms with Crippen molar-refractivity contribution < 1.29 is 5.21 Å². The summed E-state index contributed by atoms with van der Waals surface area (Å²) in [4.78, 5) is 8.94. The van der Waals surface area contributed by atoms with Gasteiger partial charge in [0.15, 0.2) is 11.6 Å². The third-order valence-electron chi connectivity index (χ3n) is 3.72. The maximum absolute atomic E-state index is 9.38. The van der Waals surface area contributed by atoms with Crippen LogP contribution in [-0.4, -0.2) is 15.2 Å². The van der Waals surface area contributed by atoms with Crippen molar-refractivity contribution in [2.45, 2.75) is 0 Å². The van der Waals surface area contributed by atoms with Crippen molar-refractivity contribution in [3.8, 4) is 0 Å². The van der Waals surface area contributed by atoms with Gasteiger partial charge >= 0.3 is 0 Å². The van der Waals surface area contributed by atoms with Gasteiger partial charge in [0.2, 0.25) is 0 Å². The van der Waals surface area contributed by atoms with Gasteiger partial charge in [0.25, 0.3) is 0 Å². The normalized spacial score (nSPS) is 10.8. The number of anilines is 3. The summed E-state index contributed by atoms with van der Waals surface area (Å²) < 4.78 is 0. The second kappa shape index (κ2) is 5.55. The Kier molecular flexibility index (Phi) is 3.25. The van der Waals surface area contributed by atoms with Crippen LogP contribution in [0, 0.1) is 0 Å². The lowest BCUT2D eigenvalue weighted by atomic mass is 10.1. The summed E-state index contributed by atoms with van der Waals surface area (Å²) in [6.07, 6.45) is 0. The predicted octanol–water partition coefficient (Wildman–Crippen LogP) is 4.33. The van der Waals surface area contributed by atoms with Crippen molar-refractivity contribution in [2.75, 3.05) is 10.8 Å². The first-order chi connectivity index (χ1) is 11.3. The van der Waals surface area contributed by atoms with Crippen molar-refractivity contribution in [1.29, 1.82) is 0 Å². The summed E-state index contributed by atoms with van der Waals surface area (Å²) in [5.41, 5.74) is 4.50. The molecule has 4 rings (SSSR count). The molecule has 0 fully saturated rings. The first-order valence-corrected chi connectivity index (χ1v) is 7.27. The molecular formula is C18H14N4O. The molecule has 0 saturated heterocycles. The van der Waals surface area contributed by atoms with E-state index in [1.807, 2.05) is 54.6 Å². The lowest BCUT2D eigenvalue weighted by Gasteiger charge is -2.12. The van der Waals surface area contributed by atoms with Crippen LogP contribution < -0.4 is 10.8 Å². The number of nitrogens with one attached hydrogen (secondary N) is 2. The smallest absolute Gasteiger partial charge is 0.194 e. The fourth-order valence-electron chi connectivity index (χ4n) is 2.63. The van der Waals surface area contributed by atoms with Crippen LogP contribution in [0.3, 0.4) is 0 Å². The average Bonchev–Trinajstić information content (AvgIpc) is 2.61. The molecule has 23 heavy (non-hydrogen) atoms. The average molecular weight is 302 g/mol. The van der Waals surface area contributed by atoms with Crippen LogP contribution in [0.4, 0.5) is 17.3 Å². The molecule has 0 atom stereocenters. The molecule has 0 aliphatic carbocycles. The molecule has 3 N–H and O–H groups in total. The maximum Gasteiger partial charge on any atom is 0.194 e. The summed E-state index contributed by atoms with van der Waals surface area (Å²) in [5, 5.41) is 14.8. The third kappa shape index (κ3) is 2.43. The summed E-state index contributed by atoms with van der Waals surface area (Å²) >= 11 is 0. The van der Waals surface area contributed by atoms with Crippen molar-refractivity contribution >= 4 is 39.1 Å². The molecule has 1 heterocycles. The van der Waals surface area contributed by atoms with Gasteiger partial charge in [-0.2, -0.15) is 0 Å². The van der Waals surface area contributed by atoms with E-state index in [9.17, 15) is 5.21 Å². The zero-order chi connectivity index (χ0) is 15.6. The molecule has 3 aromatic carbocycles. The van der Waals surface area contributed by atoms with E-state index in [0.717, 1.165) is 22.0 Å². The van der Waals surface area contributed by atoms with Crippen molar-refractivity contribution in [2.24, 2.45) is 0 Å². The molecule has 1 aromatic heterocycles. The van der Waals surface area contributed by atoms with E-state index in [-0.39, 0.29) is 5.82 Å². The Morgan fingerprint density at radius 2 is 1.35 bits per heavy atom. The summed E-state index contributed by atoms with van der Waals surface area (Å²) in [7, 11) is 0. The van der Waals surface area contributed by atoms with Gasteiger partial charge in [-0.1, -0.05) is 48.5 Å². The number of nitrogens with zero attached hydrogens (tertiary/aromatic N) is 2. The number of aromatic nitrogens is 2. The van der Waals surface area contributed by atoms with E-state index in [0.29, 0.717) is 11.3 Å². The fourth-order valence-corrected chi connectivity index (χ4v) is 2.63. The number of benzene rings is 3. The topological polar surface area (TPSA) is 70.1 Å². The minimum Gasteiger partial charge on any atom is -0.337 e. The monoisotopic (exact) mass is 302 g/mol. The number of para-hydroxylation sites is 2. The number of fused-ring (bicyclic) bond motifs is 2. The zero-order valence-corrected chi connectivity index (χ0v) is 12.2. The van der Waals surface area contributed by atoms with Crippen molar-refractivity contribution in [3.63, 3.8) is 0 Å². The van der Waals surface area contributed by atoms with Crippen LogP contribution in [0.25, 0.3) is 21.8 Å². The lowest BCUT2D eigenvalue weighted by molar-refractivity contribution is 0.386. The Labute approximate surface area is 132 Å². The molecule has 0 amide bonds.